The van der Waals surface area contributed by atoms with Gasteiger partial charge in [0.2, 0.25) is 0 Å². The van der Waals surface area contributed by atoms with Crippen molar-refractivity contribution >= 4 is 28.7 Å². The second-order valence-electron chi connectivity index (χ2n) is 4.17. The summed E-state index contributed by atoms with van der Waals surface area (Å²) >= 11 is 1.12. The van der Waals surface area contributed by atoms with Crippen LogP contribution in [0.15, 0.2) is 29.0 Å². The summed E-state index contributed by atoms with van der Waals surface area (Å²) in [6, 6.07) is 2.63. The molecular weight excluding hydrogens is 310 g/mol. The second-order valence-corrected chi connectivity index (χ2v) is 4.91. The summed E-state index contributed by atoms with van der Waals surface area (Å²) in [4.78, 5) is 10.7. The van der Waals surface area contributed by atoms with Crippen LogP contribution in [0.25, 0.3) is 0 Å². The zero-order chi connectivity index (χ0) is 15.6. The summed E-state index contributed by atoms with van der Waals surface area (Å²) in [5.74, 6) is -2.18. The van der Waals surface area contributed by atoms with E-state index in [1.165, 1.54) is 10.8 Å². The van der Waals surface area contributed by atoms with Crippen molar-refractivity contribution in [2.75, 3.05) is 5.32 Å². The Morgan fingerprint density at radius 2 is 2.00 bits per heavy atom. The predicted octanol–water partition coefficient (Wildman–Crippen LogP) is 4.28. The molecule has 0 aliphatic carbocycles. The number of para-hydroxylation sites is 1. The molecule has 1 heterocycles. The van der Waals surface area contributed by atoms with Gasteiger partial charge >= 0.3 is 12.1 Å². The Bertz CT molecular complexity index is 666. The minimum absolute atomic E-state index is 0.151. The summed E-state index contributed by atoms with van der Waals surface area (Å²) in [7, 11) is 0. The van der Waals surface area contributed by atoms with E-state index in [-0.39, 0.29) is 12.1 Å². The van der Waals surface area contributed by atoms with Crippen LogP contribution in [0.4, 0.5) is 28.9 Å². The van der Waals surface area contributed by atoms with Crippen LogP contribution in [0.1, 0.15) is 11.1 Å². The summed E-state index contributed by atoms with van der Waals surface area (Å²) < 4.78 is 52.3. The van der Waals surface area contributed by atoms with Crippen molar-refractivity contribution in [1.29, 1.82) is 0 Å². The molecule has 2 rings (SSSR count). The first-order chi connectivity index (χ1) is 9.79. The molecule has 0 aliphatic heterocycles. The maximum atomic E-state index is 13.7. The number of benzene rings is 1. The maximum absolute atomic E-state index is 13.7. The lowest BCUT2D eigenvalue weighted by molar-refractivity contribution is -0.137. The summed E-state index contributed by atoms with van der Waals surface area (Å²) in [5.41, 5.74) is -1.41. The number of rotatable bonds is 4. The number of carboxylic acid groups (broad SMARTS) is 1. The number of halogens is 4. The van der Waals surface area contributed by atoms with E-state index >= 15 is 0 Å². The van der Waals surface area contributed by atoms with E-state index in [4.69, 9.17) is 5.11 Å². The standard InChI is InChI=1S/C13H9F4NO2S/c14-9-3-1-2-8(13(15,16)17)12(9)18-10-6-21-5-7(10)4-11(19)20/h1-3,5-6,18H,4H2,(H,19,20). The minimum Gasteiger partial charge on any atom is -0.481 e. The van der Waals surface area contributed by atoms with Crippen LogP contribution < -0.4 is 5.32 Å². The van der Waals surface area contributed by atoms with Gasteiger partial charge in [-0.1, -0.05) is 6.07 Å². The average molecular weight is 319 g/mol. The van der Waals surface area contributed by atoms with Crippen molar-refractivity contribution < 1.29 is 27.5 Å². The number of carbonyl (C=O) groups is 1. The second kappa shape index (κ2) is 5.72. The summed E-state index contributed by atoms with van der Waals surface area (Å²) in [6.07, 6.45) is -5.07. The molecule has 0 amide bonds. The maximum Gasteiger partial charge on any atom is 0.418 e. The zero-order valence-corrected chi connectivity index (χ0v) is 11.2. The van der Waals surface area contributed by atoms with Crippen molar-refractivity contribution in [3.05, 3.63) is 45.9 Å². The van der Waals surface area contributed by atoms with Crippen molar-refractivity contribution in [3.63, 3.8) is 0 Å². The molecule has 1 aromatic carbocycles. The van der Waals surface area contributed by atoms with Gasteiger partial charge in [0.1, 0.15) is 5.82 Å². The fraction of sp³-hybridized carbons (Fsp3) is 0.154. The molecule has 0 aliphatic rings. The fourth-order valence-electron chi connectivity index (χ4n) is 1.75. The number of carboxylic acids is 1. The highest BCUT2D eigenvalue weighted by molar-refractivity contribution is 7.08. The average Bonchev–Trinajstić information content (AvgIpc) is 2.77. The van der Waals surface area contributed by atoms with Gasteiger partial charge in [-0.15, -0.1) is 11.3 Å². The topological polar surface area (TPSA) is 49.3 Å². The van der Waals surface area contributed by atoms with E-state index in [0.29, 0.717) is 5.56 Å². The van der Waals surface area contributed by atoms with Crippen molar-refractivity contribution in [3.8, 4) is 0 Å². The van der Waals surface area contributed by atoms with E-state index in [1.807, 2.05) is 0 Å². The van der Waals surface area contributed by atoms with Gasteiger partial charge in [0, 0.05) is 5.38 Å². The third-order valence-corrected chi connectivity index (χ3v) is 3.45. The number of aliphatic carboxylic acids is 1. The number of thiophene rings is 1. The molecule has 112 valence electrons. The van der Waals surface area contributed by atoms with Gasteiger partial charge in [-0.25, -0.2) is 4.39 Å². The van der Waals surface area contributed by atoms with Crippen LogP contribution in [0.3, 0.4) is 0 Å². The molecule has 0 saturated carbocycles. The monoisotopic (exact) mass is 319 g/mol. The quantitative estimate of drug-likeness (QED) is 0.827. The van der Waals surface area contributed by atoms with Gasteiger partial charge in [0.15, 0.2) is 0 Å². The third-order valence-electron chi connectivity index (χ3n) is 2.66. The lowest BCUT2D eigenvalue weighted by Crippen LogP contribution is -2.11. The lowest BCUT2D eigenvalue weighted by atomic mass is 10.1. The van der Waals surface area contributed by atoms with Crippen LogP contribution in [-0.4, -0.2) is 11.1 Å². The lowest BCUT2D eigenvalue weighted by Gasteiger charge is -2.15. The molecule has 0 atom stereocenters. The van der Waals surface area contributed by atoms with Gasteiger partial charge in [-0.05, 0) is 23.1 Å². The molecule has 21 heavy (non-hydrogen) atoms. The highest BCUT2D eigenvalue weighted by Crippen LogP contribution is 2.38. The van der Waals surface area contributed by atoms with Crippen LogP contribution in [-0.2, 0) is 17.4 Å². The molecule has 8 heteroatoms. The first kappa shape index (κ1) is 15.3. The first-order valence-electron chi connectivity index (χ1n) is 5.68. The number of alkyl halides is 3. The Balaban J connectivity index is 2.41. The van der Waals surface area contributed by atoms with Crippen molar-refractivity contribution in [2.24, 2.45) is 0 Å². The van der Waals surface area contributed by atoms with Crippen LogP contribution in [0, 0.1) is 5.82 Å². The Kier molecular flexibility index (Phi) is 4.17. The molecule has 0 fully saturated rings. The number of anilines is 2. The van der Waals surface area contributed by atoms with E-state index in [2.05, 4.69) is 5.32 Å². The molecule has 0 radical (unpaired) electrons. The molecule has 1 aromatic heterocycles. The van der Waals surface area contributed by atoms with E-state index in [1.54, 1.807) is 0 Å². The van der Waals surface area contributed by atoms with Gasteiger partial charge in [0.25, 0.3) is 0 Å². The number of nitrogens with one attached hydrogen (secondary N) is 1. The van der Waals surface area contributed by atoms with E-state index in [9.17, 15) is 22.4 Å². The molecule has 0 unspecified atom stereocenters. The zero-order valence-electron chi connectivity index (χ0n) is 10.4. The Hall–Kier alpha value is -2.09. The fourth-order valence-corrected chi connectivity index (χ4v) is 2.54. The van der Waals surface area contributed by atoms with E-state index in [0.717, 1.165) is 29.5 Å². The molecule has 2 N–H and O–H groups in total. The SMILES string of the molecule is O=C(O)Cc1cscc1Nc1c(F)cccc1C(F)(F)F. The minimum atomic E-state index is -4.71. The molecule has 0 saturated heterocycles. The molecular formula is C13H9F4NO2S. The highest BCUT2D eigenvalue weighted by Gasteiger charge is 2.35. The first-order valence-corrected chi connectivity index (χ1v) is 6.63. The number of hydrogen-bond donors (Lipinski definition) is 2. The van der Waals surface area contributed by atoms with Gasteiger partial charge in [-0.3, -0.25) is 4.79 Å². The molecule has 3 nitrogen and oxygen atoms in total. The third kappa shape index (κ3) is 3.52. The highest BCUT2D eigenvalue weighted by atomic mass is 32.1. The van der Waals surface area contributed by atoms with Gasteiger partial charge in [-0.2, -0.15) is 13.2 Å². The van der Waals surface area contributed by atoms with Crippen LogP contribution in [0.2, 0.25) is 0 Å². The summed E-state index contributed by atoms with van der Waals surface area (Å²) in [5, 5.41) is 14.0. The largest absolute Gasteiger partial charge is 0.481 e. The Morgan fingerprint density at radius 1 is 1.29 bits per heavy atom. The van der Waals surface area contributed by atoms with Gasteiger partial charge in [0.05, 0.1) is 23.4 Å². The number of hydrogen-bond acceptors (Lipinski definition) is 3. The van der Waals surface area contributed by atoms with Crippen molar-refractivity contribution in [2.45, 2.75) is 12.6 Å². The van der Waals surface area contributed by atoms with E-state index < -0.39 is 29.2 Å². The smallest absolute Gasteiger partial charge is 0.418 e. The molecule has 2 aromatic rings. The van der Waals surface area contributed by atoms with Crippen molar-refractivity contribution in [1.82, 2.24) is 0 Å². The van der Waals surface area contributed by atoms with Crippen LogP contribution >= 0.6 is 11.3 Å². The summed E-state index contributed by atoms with van der Waals surface area (Å²) in [6.45, 7) is 0. The Labute approximate surface area is 120 Å². The molecule has 0 spiro atoms. The normalized spacial score (nSPS) is 11.4. The van der Waals surface area contributed by atoms with Crippen LogP contribution in [0.5, 0.6) is 0 Å². The Morgan fingerprint density at radius 3 is 2.62 bits per heavy atom. The predicted molar refractivity (Wildman–Crippen MR) is 70.3 cm³/mol. The molecule has 0 bridgehead atoms. The van der Waals surface area contributed by atoms with Gasteiger partial charge < -0.3 is 10.4 Å².